The minimum Gasteiger partial charge on any atom is -0.395 e. The largest absolute Gasteiger partial charge is 0.395 e. The van der Waals surface area contributed by atoms with Crippen LogP contribution in [0, 0.1) is 4.91 Å². The molecular formula is C22H24N4O3. The van der Waals surface area contributed by atoms with E-state index in [9.17, 15) is 14.8 Å². The summed E-state index contributed by atoms with van der Waals surface area (Å²) in [5.41, 5.74) is 6.19. The standard InChI is InChI=1S/C22H24N4O3/c27-14-13-26(12-11-19-15-23-21-4-2-1-3-20(19)21)16-18-7-5-17(6-8-18)9-10-22(28)24-25-29/h1-10,15,23,27H,11-14,16H2,(H,24,28,29)/b10-9+. The van der Waals surface area contributed by atoms with Crippen LogP contribution in [0.1, 0.15) is 16.7 Å². The highest BCUT2D eigenvalue weighted by Crippen LogP contribution is 2.19. The van der Waals surface area contributed by atoms with Crippen LogP contribution < -0.4 is 5.43 Å². The smallest absolute Gasteiger partial charge is 0.266 e. The number of rotatable bonds is 10. The average molecular weight is 392 g/mol. The molecule has 0 aliphatic carbocycles. The number of hydrogen-bond donors (Lipinski definition) is 3. The number of aliphatic hydroxyl groups excluding tert-OH is 1. The van der Waals surface area contributed by atoms with Crippen molar-refractivity contribution in [1.82, 2.24) is 15.3 Å². The van der Waals surface area contributed by atoms with Gasteiger partial charge in [-0.2, -0.15) is 0 Å². The quantitative estimate of drug-likeness (QED) is 0.281. The van der Waals surface area contributed by atoms with Crippen molar-refractivity contribution in [2.45, 2.75) is 13.0 Å². The number of aromatic amines is 1. The summed E-state index contributed by atoms with van der Waals surface area (Å²) in [5.74, 6) is -0.560. The van der Waals surface area contributed by atoms with E-state index >= 15 is 0 Å². The Morgan fingerprint density at radius 2 is 1.93 bits per heavy atom. The number of nitrogens with one attached hydrogen (secondary N) is 2. The molecule has 0 spiro atoms. The van der Waals surface area contributed by atoms with Crippen LogP contribution >= 0.6 is 0 Å². The predicted octanol–water partition coefficient (Wildman–Crippen LogP) is 3.02. The van der Waals surface area contributed by atoms with Crippen LogP contribution in [0.25, 0.3) is 17.0 Å². The first-order valence-corrected chi connectivity index (χ1v) is 9.47. The van der Waals surface area contributed by atoms with Gasteiger partial charge in [0.15, 0.2) is 0 Å². The van der Waals surface area contributed by atoms with E-state index in [0.717, 1.165) is 36.2 Å². The number of aromatic nitrogens is 1. The second kappa shape index (κ2) is 10.3. The third-order valence-corrected chi connectivity index (χ3v) is 4.76. The fraction of sp³-hybridized carbons (Fsp3) is 0.227. The molecule has 3 N–H and O–H groups in total. The zero-order valence-electron chi connectivity index (χ0n) is 16.0. The van der Waals surface area contributed by atoms with Crippen LogP contribution in [0.15, 0.2) is 66.1 Å². The summed E-state index contributed by atoms with van der Waals surface area (Å²) in [6.45, 7) is 2.27. The van der Waals surface area contributed by atoms with Crippen molar-refractivity contribution in [2.75, 3.05) is 19.7 Å². The molecule has 3 aromatic rings. The van der Waals surface area contributed by atoms with Gasteiger partial charge >= 0.3 is 0 Å². The van der Waals surface area contributed by atoms with Gasteiger partial charge in [-0.25, -0.2) is 5.43 Å². The molecule has 0 aliphatic rings. The lowest BCUT2D eigenvalue weighted by Crippen LogP contribution is -2.28. The number of H-pyrrole nitrogens is 1. The molecule has 0 radical (unpaired) electrons. The topological polar surface area (TPSA) is 97.8 Å². The summed E-state index contributed by atoms with van der Waals surface area (Å²) >= 11 is 0. The lowest BCUT2D eigenvalue weighted by molar-refractivity contribution is -0.116. The molecule has 1 heterocycles. The number of para-hydroxylation sites is 1. The highest BCUT2D eigenvalue weighted by molar-refractivity contribution is 5.91. The lowest BCUT2D eigenvalue weighted by Gasteiger charge is -2.21. The third-order valence-electron chi connectivity index (χ3n) is 4.76. The van der Waals surface area contributed by atoms with E-state index in [0.29, 0.717) is 6.54 Å². The first-order chi connectivity index (χ1) is 14.2. The first kappa shape index (κ1) is 20.4. The van der Waals surface area contributed by atoms with Crippen molar-refractivity contribution < 1.29 is 9.90 Å². The molecule has 0 fully saturated rings. The normalized spacial score (nSPS) is 11.4. The molecule has 2 aromatic carbocycles. The molecule has 1 amide bonds. The van der Waals surface area contributed by atoms with Crippen molar-refractivity contribution in [3.05, 3.63) is 82.4 Å². The van der Waals surface area contributed by atoms with Crippen molar-refractivity contribution in [3.63, 3.8) is 0 Å². The minimum atomic E-state index is -0.560. The molecule has 7 nitrogen and oxygen atoms in total. The van der Waals surface area contributed by atoms with Crippen LogP contribution in [0.4, 0.5) is 0 Å². The Labute approximate surface area is 169 Å². The molecule has 0 saturated heterocycles. The Balaban J connectivity index is 1.59. The van der Waals surface area contributed by atoms with Crippen molar-refractivity contribution in [2.24, 2.45) is 5.29 Å². The van der Waals surface area contributed by atoms with Crippen LogP contribution in [0.2, 0.25) is 0 Å². The monoisotopic (exact) mass is 392 g/mol. The number of carbonyl (C=O) groups excluding carboxylic acids is 1. The number of benzene rings is 2. The fourth-order valence-corrected chi connectivity index (χ4v) is 3.27. The van der Waals surface area contributed by atoms with Crippen molar-refractivity contribution >= 4 is 22.9 Å². The van der Waals surface area contributed by atoms with Gasteiger partial charge in [-0.15, -0.1) is 4.91 Å². The zero-order chi connectivity index (χ0) is 20.5. The Morgan fingerprint density at radius 3 is 2.69 bits per heavy atom. The first-order valence-electron chi connectivity index (χ1n) is 9.47. The van der Waals surface area contributed by atoms with Gasteiger partial charge in [-0.3, -0.25) is 9.69 Å². The molecule has 150 valence electrons. The SMILES string of the molecule is O=NNC(=O)/C=C/c1ccc(CN(CCO)CCc2c[nH]c3ccccc23)cc1. The van der Waals surface area contributed by atoms with E-state index in [1.165, 1.54) is 17.0 Å². The molecule has 0 unspecified atom stereocenters. The van der Waals surface area contributed by atoms with E-state index in [2.05, 4.69) is 33.5 Å². The van der Waals surface area contributed by atoms with Crippen LogP contribution in [0.3, 0.4) is 0 Å². The van der Waals surface area contributed by atoms with Crippen LogP contribution in [-0.2, 0) is 17.8 Å². The summed E-state index contributed by atoms with van der Waals surface area (Å²) in [5, 5.41) is 13.0. The van der Waals surface area contributed by atoms with Gasteiger partial charge in [0.2, 0.25) is 0 Å². The Hall–Kier alpha value is -3.29. The molecule has 0 bridgehead atoms. The summed E-state index contributed by atoms with van der Waals surface area (Å²) in [7, 11) is 0. The van der Waals surface area contributed by atoms with E-state index < -0.39 is 5.91 Å². The highest BCUT2D eigenvalue weighted by Gasteiger charge is 2.09. The molecule has 1 aromatic heterocycles. The van der Waals surface area contributed by atoms with Gasteiger partial charge in [-0.1, -0.05) is 42.5 Å². The summed E-state index contributed by atoms with van der Waals surface area (Å²) < 4.78 is 0. The van der Waals surface area contributed by atoms with E-state index in [-0.39, 0.29) is 6.61 Å². The van der Waals surface area contributed by atoms with Gasteiger partial charge < -0.3 is 10.1 Å². The molecule has 0 atom stereocenters. The molecule has 0 aliphatic heterocycles. The van der Waals surface area contributed by atoms with E-state index in [1.54, 1.807) is 6.08 Å². The maximum Gasteiger partial charge on any atom is 0.266 e. The number of nitrogens with zero attached hydrogens (tertiary/aromatic N) is 2. The van der Waals surface area contributed by atoms with Gasteiger partial charge in [0, 0.05) is 42.8 Å². The molecule has 0 saturated carbocycles. The average Bonchev–Trinajstić information content (AvgIpc) is 3.15. The number of carbonyl (C=O) groups is 1. The molecule has 7 heteroatoms. The molecular weight excluding hydrogens is 368 g/mol. The zero-order valence-corrected chi connectivity index (χ0v) is 16.0. The van der Waals surface area contributed by atoms with Crippen LogP contribution in [0.5, 0.6) is 0 Å². The summed E-state index contributed by atoms with van der Waals surface area (Å²) in [6, 6.07) is 16.0. The Kier molecular flexibility index (Phi) is 7.27. The Morgan fingerprint density at radius 1 is 1.14 bits per heavy atom. The molecule has 3 rings (SSSR count). The second-order valence-electron chi connectivity index (χ2n) is 6.75. The van der Waals surface area contributed by atoms with Crippen molar-refractivity contribution in [1.29, 1.82) is 0 Å². The van der Waals surface area contributed by atoms with Gasteiger partial charge in [-0.05, 0) is 35.3 Å². The van der Waals surface area contributed by atoms with E-state index in [1.807, 2.05) is 41.8 Å². The fourth-order valence-electron chi connectivity index (χ4n) is 3.27. The predicted molar refractivity (Wildman–Crippen MR) is 114 cm³/mol. The molecule has 29 heavy (non-hydrogen) atoms. The second-order valence-corrected chi connectivity index (χ2v) is 6.75. The van der Waals surface area contributed by atoms with Crippen molar-refractivity contribution in [3.8, 4) is 0 Å². The van der Waals surface area contributed by atoms with Gasteiger partial charge in [0.1, 0.15) is 0 Å². The number of nitroso groups, excluding NO2 is 1. The van der Waals surface area contributed by atoms with Gasteiger partial charge in [0.25, 0.3) is 5.91 Å². The summed E-state index contributed by atoms with van der Waals surface area (Å²) in [4.78, 5) is 26.7. The number of aliphatic hydroxyl groups is 1. The van der Waals surface area contributed by atoms with E-state index in [4.69, 9.17) is 0 Å². The number of hydrogen-bond acceptors (Lipinski definition) is 5. The Bertz CT molecular complexity index is 979. The summed E-state index contributed by atoms with van der Waals surface area (Å²) in [6.07, 6.45) is 5.83. The maximum absolute atomic E-state index is 11.2. The number of amides is 1. The third kappa shape index (κ3) is 5.84. The van der Waals surface area contributed by atoms with Crippen LogP contribution in [-0.4, -0.2) is 40.6 Å². The lowest BCUT2D eigenvalue weighted by atomic mass is 10.1. The minimum absolute atomic E-state index is 0.106. The maximum atomic E-state index is 11.2. The van der Waals surface area contributed by atoms with Gasteiger partial charge in [0.05, 0.1) is 11.9 Å². The highest BCUT2D eigenvalue weighted by atomic mass is 16.3. The number of fused-ring (bicyclic) bond motifs is 1.